The molecule has 0 spiro atoms. The molecular weight excluding hydrogens is 514 g/mol. The minimum Gasteiger partial charge on any atom is -0.467 e. The molecule has 1 aromatic heterocycles. The number of sulfonamides is 1. The van der Waals surface area contributed by atoms with Gasteiger partial charge in [0.1, 0.15) is 5.76 Å². The van der Waals surface area contributed by atoms with E-state index in [0.717, 1.165) is 6.26 Å². The fraction of sp³-hybridized carbons (Fsp3) is 0.111. The molecule has 0 bridgehead atoms. The van der Waals surface area contributed by atoms with Gasteiger partial charge in [-0.3, -0.25) is 13.9 Å². The summed E-state index contributed by atoms with van der Waals surface area (Å²) in [5.74, 6) is -0.214. The van der Waals surface area contributed by atoms with Crippen molar-refractivity contribution in [1.29, 1.82) is 0 Å². The van der Waals surface area contributed by atoms with E-state index in [0.29, 0.717) is 38.8 Å². The van der Waals surface area contributed by atoms with Gasteiger partial charge in [0.05, 0.1) is 42.5 Å². The first-order valence-corrected chi connectivity index (χ1v) is 13.5. The van der Waals surface area contributed by atoms with Crippen molar-refractivity contribution in [2.75, 3.05) is 15.9 Å². The summed E-state index contributed by atoms with van der Waals surface area (Å²) in [7, 11) is -3.63. The summed E-state index contributed by atoms with van der Waals surface area (Å²) in [5, 5.41) is 5.97. The molecule has 0 aliphatic rings. The Balaban J connectivity index is 1.49. The third-order valence-corrected chi connectivity index (χ3v) is 7.02. The first kappa shape index (κ1) is 26.0. The number of nitrogens with one attached hydrogen (secondary N) is 2. The van der Waals surface area contributed by atoms with Crippen molar-refractivity contribution in [2.24, 2.45) is 0 Å². The van der Waals surface area contributed by atoms with Crippen molar-refractivity contribution in [1.82, 2.24) is 5.32 Å². The van der Waals surface area contributed by atoms with Gasteiger partial charge in [0.15, 0.2) is 0 Å². The van der Waals surface area contributed by atoms with Gasteiger partial charge >= 0.3 is 0 Å². The van der Waals surface area contributed by atoms with Crippen LogP contribution in [-0.4, -0.2) is 26.5 Å². The third kappa shape index (κ3) is 6.58. The topological polar surface area (TPSA) is 109 Å². The van der Waals surface area contributed by atoms with Gasteiger partial charge in [0, 0.05) is 10.6 Å². The number of anilines is 2. The van der Waals surface area contributed by atoms with E-state index < -0.39 is 15.9 Å². The number of rotatable bonds is 9. The summed E-state index contributed by atoms with van der Waals surface area (Å²) >= 11 is 6.22. The molecule has 10 heteroatoms. The molecule has 0 fully saturated rings. The quantitative estimate of drug-likeness (QED) is 0.309. The summed E-state index contributed by atoms with van der Waals surface area (Å²) in [6.45, 7) is 0.255. The van der Waals surface area contributed by atoms with E-state index in [2.05, 4.69) is 10.6 Å². The first-order valence-electron chi connectivity index (χ1n) is 11.2. The lowest BCUT2D eigenvalue weighted by molar-refractivity contribution is 0.0949. The van der Waals surface area contributed by atoms with Crippen molar-refractivity contribution in [3.05, 3.63) is 119 Å². The van der Waals surface area contributed by atoms with Crippen LogP contribution in [0.1, 0.15) is 32.0 Å². The highest BCUT2D eigenvalue weighted by Gasteiger charge is 2.20. The number of hydrogen-bond donors (Lipinski definition) is 2. The van der Waals surface area contributed by atoms with Crippen LogP contribution in [0.5, 0.6) is 0 Å². The van der Waals surface area contributed by atoms with E-state index in [1.807, 2.05) is 0 Å². The number of halogens is 1. The zero-order chi connectivity index (χ0) is 26.4. The summed E-state index contributed by atoms with van der Waals surface area (Å²) in [6.07, 6.45) is 2.63. The van der Waals surface area contributed by atoms with Gasteiger partial charge in [-0.2, -0.15) is 0 Å². The molecule has 0 unspecified atom stereocenters. The molecule has 0 aliphatic heterocycles. The van der Waals surface area contributed by atoms with Gasteiger partial charge in [-0.15, -0.1) is 0 Å². The third-order valence-electron chi connectivity index (χ3n) is 5.51. The van der Waals surface area contributed by atoms with Crippen LogP contribution < -0.4 is 14.9 Å². The molecule has 0 saturated heterocycles. The predicted octanol–water partition coefficient (Wildman–Crippen LogP) is 5.08. The maximum Gasteiger partial charge on any atom is 0.255 e. The number of para-hydroxylation sites is 1. The number of carbonyl (C=O) groups is 2. The van der Waals surface area contributed by atoms with Crippen LogP contribution in [-0.2, 0) is 23.1 Å². The number of carbonyl (C=O) groups excluding carboxylic acids is 2. The van der Waals surface area contributed by atoms with Gasteiger partial charge in [0.2, 0.25) is 10.0 Å². The van der Waals surface area contributed by atoms with E-state index in [1.165, 1.54) is 22.7 Å². The smallest absolute Gasteiger partial charge is 0.255 e. The predicted molar refractivity (Wildman–Crippen MR) is 143 cm³/mol. The van der Waals surface area contributed by atoms with Crippen LogP contribution in [0.3, 0.4) is 0 Å². The van der Waals surface area contributed by atoms with Crippen molar-refractivity contribution in [3.8, 4) is 0 Å². The molecule has 3 aromatic carbocycles. The van der Waals surface area contributed by atoms with Crippen molar-refractivity contribution < 1.29 is 22.4 Å². The molecule has 2 N–H and O–H groups in total. The lowest BCUT2D eigenvalue weighted by Crippen LogP contribution is -2.29. The van der Waals surface area contributed by atoms with E-state index in [4.69, 9.17) is 16.0 Å². The SMILES string of the molecule is CS(=O)(=O)N(Cc1ccccc1Cl)c1ccc(C(=O)Nc2ccccc2C(=O)NCc2ccco2)cc1. The largest absolute Gasteiger partial charge is 0.467 e. The van der Waals surface area contributed by atoms with Crippen molar-refractivity contribution in [3.63, 3.8) is 0 Å². The second kappa shape index (κ2) is 11.3. The number of hydrogen-bond acceptors (Lipinski definition) is 5. The molecule has 0 saturated carbocycles. The Morgan fingerprint density at radius 2 is 1.59 bits per heavy atom. The van der Waals surface area contributed by atoms with Gasteiger partial charge in [-0.1, -0.05) is 41.9 Å². The van der Waals surface area contributed by atoms with Crippen molar-refractivity contribution >= 4 is 44.8 Å². The zero-order valence-corrected chi connectivity index (χ0v) is 21.4. The molecular formula is C27H24ClN3O5S. The standard InChI is InChI=1S/C27H24ClN3O5S/c1-37(34,35)31(18-20-7-2-4-10-24(20)28)21-14-12-19(13-15-21)26(32)30-25-11-5-3-9-23(25)27(33)29-17-22-8-6-16-36-22/h2-16H,17-18H2,1H3,(H,29,33)(H,30,32). The van der Waals surface area contributed by atoms with Gasteiger partial charge in [-0.05, 0) is 60.2 Å². The Labute approximate surface area is 219 Å². The molecule has 4 rings (SSSR count). The lowest BCUT2D eigenvalue weighted by atomic mass is 10.1. The van der Waals surface area contributed by atoms with Crippen LogP contribution in [0.25, 0.3) is 0 Å². The Bertz CT molecular complexity index is 1500. The highest BCUT2D eigenvalue weighted by molar-refractivity contribution is 7.92. The average molecular weight is 538 g/mol. The highest BCUT2D eigenvalue weighted by Crippen LogP contribution is 2.25. The molecule has 0 aliphatic carbocycles. The minimum absolute atomic E-state index is 0.0462. The summed E-state index contributed by atoms with van der Waals surface area (Å²) in [4.78, 5) is 25.6. The molecule has 1 heterocycles. The van der Waals surface area contributed by atoms with E-state index in [9.17, 15) is 18.0 Å². The number of nitrogens with zero attached hydrogens (tertiary/aromatic N) is 1. The second-order valence-electron chi connectivity index (χ2n) is 8.17. The van der Waals surface area contributed by atoms with Crippen LogP contribution in [0, 0.1) is 0 Å². The second-order valence-corrected chi connectivity index (χ2v) is 10.5. The summed E-state index contributed by atoms with van der Waals surface area (Å²) in [5.41, 5.74) is 1.96. The first-order chi connectivity index (χ1) is 17.7. The average Bonchev–Trinajstić information content (AvgIpc) is 3.40. The highest BCUT2D eigenvalue weighted by atomic mass is 35.5. The fourth-order valence-corrected chi connectivity index (χ4v) is 4.69. The maximum atomic E-state index is 12.9. The molecule has 0 atom stereocenters. The molecule has 2 amide bonds. The summed E-state index contributed by atoms with van der Waals surface area (Å²) < 4.78 is 31.4. The monoisotopic (exact) mass is 537 g/mol. The van der Waals surface area contributed by atoms with E-state index in [1.54, 1.807) is 72.8 Å². The van der Waals surface area contributed by atoms with Crippen LogP contribution in [0.2, 0.25) is 5.02 Å². The van der Waals surface area contributed by atoms with Gasteiger partial charge < -0.3 is 15.1 Å². The zero-order valence-electron chi connectivity index (χ0n) is 19.8. The Hall–Kier alpha value is -4.08. The number of amides is 2. The molecule has 0 radical (unpaired) electrons. The Morgan fingerprint density at radius 3 is 2.27 bits per heavy atom. The van der Waals surface area contributed by atoms with Crippen molar-refractivity contribution in [2.45, 2.75) is 13.1 Å². The molecule has 8 nitrogen and oxygen atoms in total. The van der Waals surface area contributed by atoms with E-state index >= 15 is 0 Å². The number of benzene rings is 3. The van der Waals surface area contributed by atoms with Gasteiger partial charge in [-0.25, -0.2) is 8.42 Å². The fourth-order valence-electron chi connectivity index (χ4n) is 3.62. The number of furan rings is 1. The van der Waals surface area contributed by atoms with Gasteiger partial charge in [0.25, 0.3) is 11.8 Å². The van der Waals surface area contributed by atoms with E-state index in [-0.39, 0.29) is 19.0 Å². The lowest BCUT2D eigenvalue weighted by Gasteiger charge is -2.23. The van der Waals surface area contributed by atoms with Crippen LogP contribution >= 0.6 is 11.6 Å². The summed E-state index contributed by atoms with van der Waals surface area (Å²) in [6, 6.07) is 23.3. The normalized spacial score (nSPS) is 11.1. The van der Waals surface area contributed by atoms with Crippen LogP contribution in [0.4, 0.5) is 11.4 Å². The molecule has 4 aromatic rings. The minimum atomic E-state index is -3.63. The molecule has 37 heavy (non-hydrogen) atoms. The Kier molecular flexibility index (Phi) is 7.95. The molecule has 190 valence electrons. The maximum absolute atomic E-state index is 12.9. The van der Waals surface area contributed by atoms with Crippen LogP contribution in [0.15, 0.2) is 95.6 Å². The Morgan fingerprint density at radius 1 is 0.892 bits per heavy atom.